The van der Waals surface area contributed by atoms with E-state index in [0.717, 1.165) is 18.8 Å². The van der Waals surface area contributed by atoms with Crippen LogP contribution in [0.4, 0.5) is 0 Å². The first-order chi connectivity index (χ1) is 7.54. The maximum Gasteiger partial charge on any atom is 0.317 e. The highest BCUT2D eigenvalue weighted by molar-refractivity contribution is 5.69. The Kier molecular flexibility index (Phi) is 5.26. The van der Waals surface area contributed by atoms with Crippen LogP contribution in [-0.4, -0.2) is 34.6 Å². The van der Waals surface area contributed by atoms with E-state index < -0.39 is 5.97 Å². The minimum absolute atomic E-state index is 0.183. The van der Waals surface area contributed by atoms with Gasteiger partial charge in [0.1, 0.15) is 0 Å². The van der Waals surface area contributed by atoms with Crippen LogP contribution in [0.25, 0.3) is 0 Å². The standard InChI is InChI=1S/C13H25NO2/c1-4-10(2)14(9-13(15)16)11(3)8-12-6-5-7-12/h10-12H,4-9H2,1-3H3,(H,15,16). The minimum atomic E-state index is -0.708. The van der Waals surface area contributed by atoms with E-state index in [9.17, 15) is 4.79 Å². The van der Waals surface area contributed by atoms with Crippen molar-refractivity contribution in [3.05, 3.63) is 0 Å². The largest absolute Gasteiger partial charge is 0.480 e. The lowest BCUT2D eigenvalue weighted by Gasteiger charge is -2.37. The Balaban J connectivity index is 2.47. The van der Waals surface area contributed by atoms with E-state index in [2.05, 4.69) is 25.7 Å². The third-order valence-electron chi connectivity index (χ3n) is 3.94. The molecule has 1 N–H and O–H groups in total. The number of hydrogen-bond acceptors (Lipinski definition) is 2. The van der Waals surface area contributed by atoms with Crippen molar-refractivity contribution in [1.82, 2.24) is 4.90 Å². The van der Waals surface area contributed by atoms with Gasteiger partial charge in [-0.05, 0) is 32.6 Å². The molecule has 0 aliphatic heterocycles. The Morgan fingerprint density at radius 2 is 2.00 bits per heavy atom. The topological polar surface area (TPSA) is 40.5 Å². The van der Waals surface area contributed by atoms with E-state index in [1.54, 1.807) is 0 Å². The number of hydrogen-bond donors (Lipinski definition) is 1. The zero-order chi connectivity index (χ0) is 12.1. The van der Waals surface area contributed by atoms with Crippen LogP contribution in [0.3, 0.4) is 0 Å². The third-order valence-corrected chi connectivity index (χ3v) is 3.94. The molecule has 3 heteroatoms. The second-order valence-electron chi connectivity index (χ2n) is 5.20. The Morgan fingerprint density at radius 3 is 2.38 bits per heavy atom. The fraction of sp³-hybridized carbons (Fsp3) is 0.923. The molecule has 16 heavy (non-hydrogen) atoms. The van der Waals surface area contributed by atoms with Gasteiger partial charge in [0.25, 0.3) is 0 Å². The summed E-state index contributed by atoms with van der Waals surface area (Å²) in [5, 5.41) is 8.94. The molecule has 1 aliphatic carbocycles. The molecule has 0 spiro atoms. The number of carbonyl (C=O) groups is 1. The van der Waals surface area contributed by atoms with Gasteiger partial charge in [-0.15, -0.1) is 0 Å². The van der Waals surface area contributed by atoms with Crippen molar-refractivity contribution in [1.29, 1.82) is 0 Å². The molecule has 0 aromatic heterocycles. The molecular weight excluding hydrogens is 202 g/mol. The molecule has 1 rings (SSSR count). The second-order valence-corrected chi connectivity index (χ2v) is 5.20. The highest BCUT2D eigenvalue weighted by Gasteiger charge is 2.26. The Bertz CT molecular complexity index is 226. The molecule has 0 radical (unpaired) electrons. The van der Waals surface area contributed by atoms with Crippen molar-refractivity contribution in [3.8, 4) is 0 Å². The molecule has 0 bridgehead atoms. The maximum absolute atomic E-state index is 10.9. The molecule has 0 aromatic carbocycles. The van der Waals surface area contributed by atoms with Crippen LogP contribution in [0.2, 0.25) is 0 Å². The summed E-state index contributed by atoms with van der Waals surface area (Å²) in [4.78, 5) is 13.0. The van der Waals surface area contributed by atoms with Gasteiger partial charge in [0, 0.05) is 12.1 Å². The average Bonchev–Trinajstić information content (AvgIpc) is 2.18. The first kappa shape index (κ1) is 13.5. The van der Waals surface area contributed by atoms with Crippen molar-refractivity contribution in [3.63, 3.8) is 0 Å². The number of aliphatic carboxylic acids is 1. The van der Waals surface area contributed by atoms with Gasteiger partial charge in [0.15, 0.2) is 0 Å². The molecule has 1 fully saturated rings. The van der Waals surface area contributed by atoms with Gasteiger partial charge in [-0.2, -0.15) is 0 Å². The van der Waals surface area contributed by atoms with Crippen LogP contribution in [0.15, 0.2) is 0 Å². The Morgan fingerprint density at radius 1 is 1.38 bits per heavy atom. The molecule has 0 amide bonds. The van der Waals surface area contributed by atoms with Crippen molar-refractivity contribution < 1.29 is 9.90 Å². The highest BCUT2D eigenvalue weighted by Crippen LogP contribution is 2.32. The second kappa shape index (κ2) is 6.24. The summed E-state index contributed by atoms with van der Waals surface area (Å²) in [6, 6.07) is 0.766. The maximum atomic E-state index is 10.9. The molecule has 0 aromatic rings. The molecular formula is C13H25NO2. The molecule has 2 unspecified atom stereocenters. The van der Waals surface area contributed by atoms with Crippen LogP contribution in [-0.2, 0) is 4.79 Å². The first-order valence-electron chi connectivity index (χ1n) is 6.52. The van der Waals surface area contributed by atoms with Crippen molar-refractivity contribution in [2.75, 3.05) is 6.54 Å². The molecule has 3 nitrogen and oxygen atoms in total. The summed E-state index contributed by atoms with van der Waals surface area (Å²) in [7, 11) is 0. The summed E-state index contributed by atoms with van der Waals surface area (Å²) < 4.78 is 0. The fourth-order valence-corrected chi connectivity index (χ4v) is 2.48. The molecule has 94 valence electrons. The average molecular weight is 227 g/mol. The van der Waals surface area contributed by atoms with E-state index >= 15 is 0 Å². The van der Waals surface area contributed by atoms with Crippen molar-refractivity contribution in [2.45, 2.75) is 65.0 Å². The molecule has 0 heterocycles. The van der Waals surface area contributed by atoms with Crippen LogP contribution in [0.1, 0.15) is 52.9 Å². The zero-order valence-electron chi connectivity index (χ0n) is 10.8. The summed E-state index contributed by atoms with van der Waals surface area (Å²) in [5.41, 5.74) is 0. The monoisotopic (exact) mass is 227 g/mol. The van der Waals surface area contributed by atoms with Gasteiger partial charge in [0.2, 0.25) is 0 Å². The van der Waals surface area contributed by atoms with Crippen molar-refractivity contribution in [2.24, 2.45) is 5.92 Å². The van der Waals surface area contributed by atoms with Gasteiger partial charge in [-0.25, -0.2) is 0 Å². The molecule has 2 atom stereocenters. The third kappa shape index (κ3) is 3.78. The van der Waals surface area contributed by atoms with Crippen LogP contribution >= 0.6 is 0 Å². The first-order valence-corrected chi connectivity index (χ1v) is 6.52. The van der Waals surface area contributed by atoms with Gasteiger partial charge in [-0.1, -0.05) is 26.2 Å². The summed E-state index contributed by atoms with van der Waals surface area (Å²) in [6.45, 7) is 6.60. The highest BCUT2D eigenvalue weighted by atomic mass is 16.4. The predicted octanol–water partition coefficient (Wildman–Crippen LogP) is 2.75. The molecule has 1 aliphatic rings. The van der Waals surface area contributed by atoms with E-state index in [4.69, 9.17) is 5.11 Å². The quantitative estimate of drug-likeness (QED) is 0.727. The van der Waals surface area contributed by atoms with E-state index in [1.165, 1.54) is 19.3 Å². The van der Waals surface area contributed by atoms with Crippen molar-refractivity contribution >= 4 is 5.97 Å². The number of rotatable bonds is 7. The lowest BCUT2D eigenvalue weighted by molar-refractivity contribution is -0.139. The van der Waals surface area contributed by atoms with Gasteiger partial charge < -0.3 is 5.11 Å². The fourth-order valence-electron chi connectivity index (χ4n) is 2.48. The molecule has 1 saturated carbocycles. The Labute approximate surface area is 98.8 Å². The molecule has 0 saturated heterocycles. The van der Waals surface area contributed by atoms with Gasteiger partial charge in [-0.3, -0.25) is 9.69 Å². The van der Waals surface area contributed by atoms with Crippen LogP contribution < -0.4 is 0 Å². The SMILES string of the molecule is CCC(C)N(CC(=O)O)C(C)CC1CCC1. The summed E-state index contributed by atoms with van der Waals surface area (Å²) in [5.74, 6) is 0.135. The number of carboxylic acid groups (broad SMARTS) is 1. The minimum Gasteiger partial charge on any atom is -0.480 e. The van der Waals surface area contributed by atoms with Gasteiger partial charge in [0.05, 0.1) is 6.54 Å². The van der Waals surface area contributed by atoms with E-state index in [0.29, 0.717) is 12.1 Å². The van der Waals surface area contributed by atoms with Crippen LogP contribution in [0.5, 0.6) is 0 Å². The zero-order valence-corrected chi connectivity index (χ0v) is 10.8. The number of carboxylic acids is 1. The summed E-state index contributed by atoms with van der Waals surface area (Å²) >= 11 is 0. The van der Waals surface area contributed by atoms with E-state index in [-0.39, 0.29) is 6.54 Å². The smallest absolute Gasteiger partial charge is 0.317 e. The lowest BCUT2D eigenvalue weighted by atomic mass is 9.80. The lowest BCUT2D eigenvalue weighted by Crippen LogP contribution is -2.44. The van der Waals surface area contributed by atoms with Gasteiger partial charge >= 0.3 is 5.97 Å². The number of nitrogens with zero attached hydrogens (tertiary/aromatic N) is 1. The Hall–Kier alpha value is -0.570. The summed E-state index contributed by atoms with van der Waals surface area (Å²) in [6.07, 6.45) is 6.22. The normalized spacial score (nSPS) is 20.5. The predicted molar refractivity (Wildman–Crippen MR) is 65.5 cm³/mol. The van der Waals surface area contributed by atoms with E-state index in [1.807, 2.05) is 0 Å². The van der Waals surface area contributed by atoms with Crippen LogP contribution in [0, 0.1) is 5.92 Å².